The second-order valence-electron chi connectivity index (χ2n) is 8.48. The van der Waals surface area contributed by atoms with Crippen molar-refractivity contribution in [2.45, 2.75) is 63.9 Å². The van der Waals surface area contributed by atoms with Crippen molar-refractivity contribution >= 4 is 36.3 Å². The van der Waals surface area contributed by atoms with Gasteiger partial charge < -0.3 is 37.0 Å². The van der Waals surface area contributed by atoms with E-state index in [1.54, 1.807) is 0 Å². The average Bonchev–Trinajstić information content (AvgIpc) is 2.76. The molecule has 0 aliphatic carbocycles. The first-order valence-corrected chi connectivity index (χ1v) is 11.4. The monoisotopic (exact) mass is 498 g/mol. The van der Waals surface area contributed by atoms with Gasteiger partial charge in [-0.05, 0) is 37.0 Å². The topological polar surface area (TPSA) is 191 Å². The highest BCUT2D eigenvalue weighted by molar-refractivity contribution is 7.80. The van der Waals surface area contributed by atoms with Crippen LogP contribution in [0.5, 0.6) is 5.75 Å². The summed E-state index contributed by atoms with van der Waals surface area (Å²) in [5.74, 6) is -3.51. The minimum absolute atomic E-state index is 0.0226. The first-order valence-electron chi connectivity index (χ1n) is 10.8. The molecular formula is C22H34N4O7S. The first kappa shape index (κ1) is 29.2. The van der Waals surface area contributed by atoms with Crippen LogP contribution in [0, 0.1) is 5.92 Å². The summed E-state index contributed by atoms with van der Waals surface area (Å²) in [6, 6.07) is 1.10. The van der Waals surface area contributed by atoms with Gasteiger partial charge in [-0.1, -0.05) is 26.0 Å². The number of phenols is 1. The van der Waals surface area contributed by atoms with Crippen molar-refractivity contribution in [1.29, 1.82) is 0 Å². The molecule has 34 heavy (non-hydrogen) atoms. The molecule has 0 aliphatic rings. The maximum atomic E-state index is 12.9. The highest BCUT2D eigenvalue weighted by atomic mass is 32.1. The summed E-state index contributed by atoms with van der Waals surface area (Å²) in [5.41, 5.74) is 6.18. The number of amides is 3. The molecule has 8 N–H and O–H groups in total. The number of carbonyl (C=O) groups excluding carboxylic acids is 3. The van der Waals surface area contributed by atoms with Gasteiger partial charge in [0.15, 0.2) is 0 Å². The van der Waals surface area contributed by atoms with Crippen LogP contribution in [-0.2, 0) is 25.6 Å². The molecule has 1 aromatic rings. The molecule has 0 saturated heterocycles. The fourth-order valence-electron chi connectivity index (χ4n) is 3.05. The third kappa shape index (κ3) is 9.57. The number of nitrogens with two attached hydrogens (primary N) is 1. The number of carboxylic acid groups (broad SMARTS) is 1. The zero-order valence-electron chi connectivity index (χ0n) is 19.4. The van der Waals surface area contributed by atoms with Crippen LogP contribution in [0.3, 0.4) is 0 Å². The van der Waals surface area contributed by atoms with Crippen LogP contribution >= 0.6 is 12.6 Å². The van der Waals surface area contributed by atoms with Gasteiger partial charge in [0, 0.05) is 12.2 Å². The molecule has 0 radical (unpaired) electrons. The average molecular weight is 499 g/mol. The zero-order chi connectivity index (χ0) is 26.0. The fourth-order valence-corrected chi connectivity index (χ4v) is 3.22. The standard InChI is InChI=1S/C22H34N4O7S/c1-11(2)8-16(24-21(31)18(12(3)27)26-19(29)15(23)10-34)20(30)25-17(22(32)33)9-13-4-6-14(28)7-5-13/h4-7,11-12,15-18,27-28,34H,8-10,23H2,1-3H3,(H,24,31)(H,25,30)(H,26,29)(H,32,33). The van der Waals surface area contributed by atoms with Crippen LogP contribution < -0.4 is 21.7 Å². The lowest BCUT2D eigenvalue weighted by Crippen LogP contribution is -2.60. The van der Waals surface area contributed by atoms with Crippen LogP contribution in [0.15, 0.2) is 24.3 Å². The minimum Gasteiger partial charge on any atom is -0.508 e. The minimum atomic E-state index is -1.38. The second-order valence-corrected chi connectivity index (χ2v) is 8.84. The third-order valence-corrected chi connectivity index (χ3v) is 5.32. The number of phenolic OH excluding ortho intramolecular Hbond substituents is 1. The number of aliphatic carboxylic acids is 1. The highest BCUT2D eigenvalue weighted by Crippen LogP contribution is 2.12. The molecule has 0 saturated carbocycles. The molecule has 0 bridgehead atoms. The molecule has 0 aliphatic heterocycles. The maximum Gasteiger partial charge on any atom is 0.326 e. The van der Waals surface area contributed by atoms with Gasteiger partial charge in [-0.15, -0.1) is 0 Å². The molecule has 5 unspecified atom stereocenters. The van der Waals surface area contributed by atoms with Crippen molar-refractivity contribution in [3.05, 3.63) is 29.8 Å². The molecule has 0 aromatic heterocycles. The Labute approximate surface area is 203 Å². The summed E-state index contributed by atoms with van der Waals surface area (Å²) in [4.78, 5) is 49.5. The molecule has 11 nitrogen and oxygen atoms in total. The third-order valence-electron chi connectivity index (χ3n) is 4.93. The fraction of sp³-hybridized carbons (Fsp3) is 0.545. The summed E-state index contributed by atoms with van der Waals surface area (Å²) in [7, 11) is 0. The van der Waals surface area contributed by atoms with Crippen molar-refractivity contribution in [2.75, 3.05) is 5.75 Å². The number of aromatic hydroxyl groups is 1. The Balaban J connectivity index is 2.98. The zero-order valence-corrected chi connectivity index (χ0v) is 20.3. The van der Waals surface area contributed by atoms with Gasteiger partial charge in [0.2, 0.25) is 17.7 Å². The molecule has 1 aromatic carbocycles. The van der Waals surface area contributed by atoms with Crippen molar-refractivity contribution in [2.24, 2.45) is 11.7 Å². The number of carbonyl (C=O) groups is 4. The first-order chi connectivity index (χ1) is 15.8. The van der Waals surface area contributed by atoms with Crippen LogP contribution in [0.4, 0.5) is 0 Å². The summed E-state index contributed by atoms with van der Waals surface area (Å²) in [5, 5.41) is 36.2. The van der Waals surface area contributed by atoms with E-state index >= 15 is 0 Å². The maximum absolute atomic E-state index is 12.9. The SMILES string of the molecule is CC(C)CC(NC(=O)C(NC(=O)C(N)CS)C(C)O)C(=O)NC(Cc1ccc(O)cc1)C(=O)O. The molecule has 0 fully saturated rings. The molecule has 190 valence electrons. The predicted octanol–water partition coefficient (Wildman–Crippen LogP) is -0.842. The van der Waals surface area contributed by atoms with Crippen LogP contribution in [0.25, 0.3) is 0 Å². The Morgan fingerprint density at radius 2 is 1.50 bits per heavy atom. The summed E-state index contributed by atoms with van der Waals surface area (Å²) >= 11 is 3.93. The Morgan fingerprint density at radius 3 is 1.97 bits per heavy atom. The molecule has 0 spiro atoms. The van der Waals surface area contributed by atoms with E-state index in [2.05, 4.69) is 28.6 Å². The van der Waals surface area contributed by atoms with Crippen molar-refractivity contribution in [1.82, 2.24) is 16.0 Å². The van der Waals surface area contributed by atoms with Gasteiger partial charge in [-0.25, -0.2) is 4.79 Å². The van der Waals surface area contributed by atoms with Crippen LogP contribution in [-0.4, -0.2) is 75.0 Å². The number of carboxylic acids is 1. The van der Waals surface area contributed by atoms with Gasteiger partial charge in [0.1, 0.15) is 23.9 Å². The number of aliphatic hydroxyl groups is 1. The van der Waals surface area contributed by atoms with E-state index in [1.807, 2.05) is 13.8 Å². The number of hydrogen-bond donors (Lipinski definition) is 8. The quantitative estimate of drug-likeness (QED) is 0.161. The van der Waals surface area contributed by atoms with Gasteiger partial charge in [-0.2, -0.15) is 12.6 Å². The molecular weight excluding hydrogens is 464 g/mol. The largest absolute Gasteiger partial charge is 0.508 e. The van der Waals surface area contributed by atoms with Gasteiger partial charge >= 0.3 is 5.97 Å². The van der Waals surface area contributed by atoms with Crippen molar-refractivity contribution in [3.8, 4) is 5.75 Å². The number of benzene rings is 1. The van der Waals surface area contributed by atoms with E-state index in [9.17, 15) is 34.5 Å². The highest BCUT2D eigenvalue weighted by Gasteiger charge is 2.32. The summed E-state index contributed by atoms with van der Waals surface area (Å²) in [6.45, 7) is 4.93. The lowest BCUT2D eigenvalue weighted by atomic mass is 10.0. The van der Waals surface area contributed by atoms with Crippen molar-refractivity contribution in [3.63, 3.8) is 0 Å². The predicted molar refractivity (Wildman–Crippen MR) is 128 cm³/mol. The molecule has 12 heteroatoms. The van der Waals surface area contributed by atoms with Gasteiger partial charge in [0.25, 0.3) is 0 Å². The van der Waals surface area contributed by atoms with Gasteiger partial charge in [-0.3, -0.25) is 14.4 Å². The number of rotatable bonds is 13. The van der Waals surface area contributed by atoms with Crippen LogP contribution in [0.1, 0.15) is 32.8 Å². The van der Waals surface area contributed by atoms with Gasteiger partial charge in [0.05, 0.1) is 12.1 Å². The summed E-state index contributed by atoms with van der Waals surface area (Å²) in [6.07, 6.45) is -1.16. The Bertz CT molecular complexity index is 848. The Kier molecular flexibility index (Phi) is 11.8. The van der Waals surface area contributed by atoms with E-state index in [0.717, 1.165) is 0 Å². The Morgan fingerprint density at radius 1 is 0.941 bits per heavy atom. The van der Waals surface area contributed by atoms with E-state index in [-0.39, 0.29) is 30.3 Å². The lowest BCUT2D eigenvalue weighted by molar-refractivity contribution is -0.142. The lowest BCUT2D eigenvalue weighted by Gasteiger charge is -2.27. The number of hydrogen-bond acceptors (Lipinski definition) is 8. The molecule has 1 rings (SSSR count). The molecule has 3 amide bonds. The summed E-state index contributed by atoms with van der Waals surface area (Å²) < 4.78 is 0. The van der Waals surface area contributed by atoms with E-state index in [0.29, 0.717) is 5.56 Å². The molecule has 0 heterocycles. The molecule has 5 atom stereocenters. The van der Waals surface area contributed by atoms with Crippen LogP contribution in [0.2, 0.25) is 0 Å². The van der Waals surface area contributed by atoms with E-state index < -0.39 is 54.0 Å². The number of thiol groups is 1. The number of aliphatic hydroxyl groups excluding tert-OH is 1. The smallest absolute Gasteiger partial charge is 0.326 e. The second kappa shape index (κ2) is 13.8. The van der Waals surface area contributed by atoms with E-state index in [4.69, 9.17) is 5.73 Å². The van der Waals surface area contributed by atoms with E-state index in [1.165, 1.54) is 31.2 Å². The number of nitrogens with one attached hydrogen (secondary N) is 3. The Hall–Kier alpha value is -2.83. The van der Waals surface area contributed by atoms with Crippen molar-refractivity contribution < 1.29 is 34.5 Å². The normalized spacial score (nSPS) is 15.5.